The third-order valence-corrected chi connectivity index (χ3v) is 7.52. The molecule has 0 bridgehead atoms. The Morgan fingerprint density at radius 3 is 2.14 bits per heavy atom. The number of sulfonamides is 1. The summed E-state index contributed by atoms with van der Waals surface area (Å²) in [5.74, 6) is 0.275. The van der Waals surface area contributed by atoms with Crippen molar-refractivity contribution < 1.29 is 22.7 Å². The molecule has 0 aliphatic heterocycles. The van der Waals surface area contributed by atoms with Crippen LogP contribution in [0.3, 0.4) is 0 Å². The van der Waals surface area contributed by atoms with E-state index in [1.54, 1.807) is 18.9 Å². The lowest BCUT2D eigenvalue weighted by Gasteiger charge is -2.30. The molecule has 0 aliphatic carbocycles. The number of amides is 2. The molecule has 9 heteroatoms. The van der Waals surface area contributed by atoms with Crippen LogP contribution in [0.4, 0.5) is 5.69 Å². The molecule has 0 heterocycles. The zero-order chi connectivity index (χ0) is 27.8. The SMILES string of the molecule is CC[C@@H](C)NC(=O)[C@@H](C)N(Cc1ccc(OC)cc1)C(=O)CCCN(c1cc(C)cc(C)c1)S(C)(=O)=O. The monoisotopic (exact) mass is 531 g/mol. The first-order valence-electron chi connectivity index (χ1n) is 12.6. The summed E-state index contributed by atoms with van der Waals surface area (Å²) < 4.78 is 31.7. The fourth-order valence-corrected chi connectivity index (χ4v) is 5.02. The van der Waals surface area contributed by atoms with Crippen molar-refractivity contribution in [1.82, 2.24) is 10.2 Å². The van der Waals surface area contributed by atoms with Crippen molar-refractivity contribution in [2.24, 2.45) is 0 Å². The molecule has 1 N–H and O–H groups in total. The van der Waals surface area contributed by atoms with Gasteiger partial charge in [0, 0.05) is 25.6 Å². The molecule has 204 valence electrons. The molecule has 0 fully saturated rings. The van der Waals surface area contributed by atoms with Gasteiger partial charge >= 0.3 is 0 Å². The van der Waals surface area contributed by atoms with Crippen LogP contribution >= 0.6 is 0 Å². The third-order valence-electron chi connectivity index (χ3n) is 6.33. The minimum Gasteiger partial charge on any atom is -0.497 e. The summed E-state index contributed by atoms with van der Waals surface area (Å²) in [7, 11) is -1.95. The van der Waals surface area contributed by atoms with Gasteiger partial charge < -0.3 is 15.0 Å². The Labute approximate surface area is 222 Å². The van der Waals surface area contributed by atoms with E-state index in [4.69, 9.17) is 4.74 Å². The normalized spacial score (nSPS) is 12.9. The van der Waals surface area contributed by atoms with Crippen molar-refractivity contribution in [3.63, 3.8) is 0 Å². The van der Waals surface area contributed by atoms with E-state index in [1.807, 2.05) is 70.2 Å². The van der Waals surface area contributed by atoms with Crippen LogP contribution < -0.4 is 14.4 Å². The summed E-state index contributed by atoms with van der Waals surface area (Å²) >= 11 is 0. The van der Waals surface area contributed by atoms with Crippen molar-refractivity contribution >= 4 is 27.5 Å². The van der Waals surface area contributed by atoms with Crippen molar-refractivity contribution in [3.05, 3.63) is 59.2 Å². The molecular weight excluding hydrogens is 490 g/mol. The summed E-state index contributed by atoms with van der Waals surface area (Å²) in [6, 6.07) is 12.3. The Balaban J connectivity index is 2.20. The summed E-state index contributed by atoms with van der Waals surface area (Å²) in [5, 5.41) is 2.95. The minimum atomic E-state index is -3.54. The van der Waals surface area contributed by atoms with Gasteiger partial charge in [-0.2, -0.15) is 0 Å². The Morgan fingerprint density at radius 2 is 1.62 bits per heavy atom. The summed E-state index contributed by atoms with van der Waals surface area (Å²) in [4.78, 5) is 27.9. The molecule has 0 unspecified atom stereocenters. The number of rotatable bonds is 13. The Hall–Kier alpha value is -3.07. The number of carbonyl (C=O) groups excluding carboxylic acids is 2. The van der Waals surface area contributed by atoms with Crippen LogP contribution in [0.1, 0.15) is 56.7 Å². The zero-order valence-corrected chi connectivity index (χ0v) is 23.9. The van der Waals surface area contributed by atoms with E-state index in [-0.39, 0.29) is 37.4 Å². The molecule has 0 saturated carbocycles. The Kier molecular flexibility index (Phi) is 11.0. The number of anilines is 1. The summed E-state index contributed by atoms with van der Waals surface area (Å²) in [6.07, 6.45) is 2.38. The summed E-state index contributed by atoms with van der Waals surface area (Å²) in [6.45, 7) is 9.89. The molecule has 8 nitrogen and oxygen atoms in total. The van der Waals surface area contributed by atoms with Crippen molar-refractivity contribution in [1.29, 1.82) is 0 Å². The highest BCUT2D eigenvalue weighted by Gasteiger charge is 2.27. The second-order valence-corrected chi connectivity index (χ2v) is 11.6. The van der Waals surface area contributed by atoms with Gasteiger partial charge in [0.25, 0.3) is 0 Å². The van der Waals surface area contributed by atoms with Gasteiger partial charge in [0.05, 0.1) is 19.1 Å². The molecule has 2 aromatic carbocycles. The van der Waals surface area contributed by atoms with Gasteiger partial charge in [-0.25, -0.2) is 8.42 Å². The fraction of sp³-hybridized carbons (Fsp3) is 0.500. The summed E-state index contributed by atoms with van der Waals surface area (Å²) in [5.41, 5.74) is 3.38. The smallest absolute Gasteiger partial charge is 0.242 e. The molecule has 0 spiro atoms. The number of carbonyl (C=O) groups is 2. The average molecular weight is 532 g/mol. The topological polar surface area (TPSA) is 96.0 Å². The minimum absolute atomic E-state index is 0.00556. The molecule has 0 radical (unpaired) electrons. The number of methoxy groups -OCH3 is 1. The molecule has 2 atom stereocenters. The molecule has 0 saturated heterocycles. The van der Waals surface area contributed by atoms with Gasteiger partial charge in [-0.05, 0) is 81.5 Å². The average Bonchev–Trinajstić information content (AvgIpc) is 2.83. The lowest BCUT2D eigenvalue weighted by Crippen LogP contribution is -2.49. The number of hydrogen-bond acceptors (Lipinski definition) is 5. The standard InChI is InChI=1S/C28H41N3O5S/c1-8-22(4)29-28(33)23(5)30(19-24-11-13-26(36-6)14-12-24)27(32)10-9-15-31(37(7,34)35)25-17-20(2)16-21(3)18-25/h11-14,16-18,22-23H,8-10,15,19H2,1-7H3,(H,29,33)/t22-,23-/m1/s1. The van der Waals surface area contributed by atoms with Crippen LogP contribution in [0, 0.1) is 13.8 Å². The van der Waals surface area contributed by atoms with Crippen LogP contribution in [0.2, 0.25) is 0 Å². The van der Waals surface area contributed by atoms with Crippen molar-refractivity contribution in [2.45, 2.75) is 72.5 Å². The maximum Gasteiger partial charge on any atom is 0.242 e. The predicted octanol–water partition coefficient (Wildman–Crippen LogP) is 4.19. The molecule has 2 amide bonds. The van der Waals surface area contributed by atoms with Crippen molar-refractivity contribution in [2.75, 3.05) is 24.2 Å². The highest BCUT2D eigenvalue weighted by molar-refractivity contribution is 7.92. The number of benzene rings is 2. The van der Waals surface area contributed by atoms with E-state index >= 15 is 0 Å². The van der Waals surface area contributed by atoms with Gasteiger partial charge in [0.2, 0.25) is 21.8 Å². The van der Waals surface area contributed by atoms with Crippen LogP contribution in [0.5, 0.6) is 5.75 Å². The first kappa shape index (κ1) is 30.2. The number of aryl methyl sites for hydroxylation is 2. The van der Waals surface area contributed by atoms with Crippen LogP contribution in [-0.4, -0.2) is 57.1 Å². The number of nitrogens with one attached hydrogen (secondary N) is 1. The third kappa shape index (κ3) is 9.07. The molecule has 37 heavy (non-hydrogen) atoms. The first-order chi connectivity index (χ1) is 17.3. The van der Waals surface area contributed by atoms with E-state index in [2.05, 4.69) is 5.32 Å². The lowest BCUT2D eigenvalue weighted by molar-refractivity contribution is -0.140. The molecule has 2 aromatic rings. The molecule has 0 aliphatic rings. The predicted molar refractivity (Wildman–Crippen MR) is 148 cm³/mol. The fourth-order valence-electron chi connectivity index (χ4n) is 4.07. The number of nitrogens with zero attached hydrogens (tertiary/aromatic N) is 2. The molecule has 0 aromatic heterocycles. The van der Waals surface area contributed by atoms with E-state index in [1.165, 1.54) is 10.6 Å². The Bertz CT molecular complexity index is 1140. The van der Waals surface area contributed by atoms with E-state index in [0.717, 1.165) is 23.1 Å². The second-order valence-electron chi connectivity index (χ2n) is 9.65. The van der Waals surface area contributed by atoms with Gasteiger partial charge in [-0.1, -0.05) is 25.1 Å². The van der Waals surface area contributed by atoms with E-state index in [0.29, 0.717) is 17.9 Å². The number of ether oxygens (including phenoxy) is 1. The Morgan fingerprint density at radius 1 is 1.03 bits per heavy atom. The van der Waals surface area contributed by atoms with Crippen LogP contribution in [0.25, 0.3) is 0 Å². The highest BCUT2D eigenvalue weighted by Crippen LogP contribution is 2.22. The quantitative estimate of drug-likeness (QED) is 0.418. The van der Waals surface area contributed by atoms with E-state index < -0.39 is 16.1 Å². The van der Waals surface area contributed by atoms with Gasteiger partial charge in [-0.3, -0.25) is 13.9 Å². The number of hydrogen-bond donors (Lipinski definition) is 1. The van der Waals surface area contributed by atoms with E-state index in [9.17, 15) is 18.0 Å². The first-order valence-corrected chi connectivity index (χ1v) is 14.5. The van der Waals surface area contributed by atoms with Gasteiger partial charge in [0.15, 0.2) is 0 Å². The van der Waals surface area contributed by atoms with Crippen molar-refractivity contribution in [3.8, 4) is 5.75 Å². The largest absolute Gasteiger partial charge is 0.497 e. The molecular formula is C28H41N3O5S. The highest BCUT2D eigenvalue weighted by atomic mass is 32.2. The van der Waals surface area contributed by atoms with Crippen LogP contribution in [0.15, 0.2) is 42.5 Å². The van der Waals surface area contributed by atoms with Gasteiger partial charge in [-0.15, -0.1) is 0 Å². The maximum atomic E-state index is 13.4. The maximum absolute atomic E-state index is 13.4. The lowest BCUT2D eigenvalue weighted by atomic mass is 10.1. The van der Waals surface area contributed by atoms with Crippen LogP contribution in [-0.2, 0) is 26.2 Å². The van der Waals surface area contributed by atoms with Gasteiger partial charge in [0.1, 0.15) is 11.8 Å². The zero-order valence-electron chi connectivity index (χ0n) is 23.1. The second kappa shape index (κ2) is 13.5. The molecule has 2 rings (SSSR count).